The van der Waals surface area contributed by atoms with Crippen molar-refractivity contribution in [2.24, 2.45) is 5.92 Å². The lowest BCUT2D eigenvalue weighted by Gasteiger charge is -2.38. The Balaban J connectivity index is 1.62. The van der Waals surface area contributed by atoms with Crippen molar-refractivity contribution in [3.8, 4) is 0 Å². The number of nitrogens with one attached hydrogen (secondary N) is 1. The molecule has 0 saturated heterocycles. The Morgan fingerprint density at radius 2 is 1.89 bits per heavy atom. The van der Waals surface area contributed by atoms with E-state index in [1.807, 2.05) is 18.2 Å². The SMILES string of the molecule is COC(=O)c1ccc2c(c1)[C@H]1C=CC[C@@H]1[C@@H](c1cccc3ccccc13)N2. The molecule has 3 nitrogen and oxygen atoms in total. The van der Waals surface area contributed by atoms with Crippen LogP contribution in [0.1, 0.15) is 39.9 Å². The van der Waals surface area contributed by atoms with Crippen molar-refractivity contribution >= 4 is 22.4 Å². The molecular formula is C24H21NO2. The van der Waals surface area contributed by atoms with Crippen LogP contribution in [0.25, 0.3) is 10.8 Å². The van der Waals surface area contributed by atoms with Gasteiger partial charge in [0.05, 0.1) is 18.7 Å². The molecule has 27 heavy (non-hydrogen) atoms. The zero-order valence-corrected chi connectivity index (χ0v) is 15.2. The largest absolute Gasteiger partial charge is 0.465 e. The van der Waals surface area contributed by atoms with Crippen LogP contribution in [0.15, 0.2) is 72.8 Å². The zero-order chi connectivity index (χ0) is 18.4. The normalized spacial score (nSPS) is 22.8. The molecule has 0 bridgehead atoms. The number of esters is 1. The van der Waals surface area contributed by atoms with E-state index in [4.69, 9.17) is 4.74 Å². The average Bonchev–Trinajstić information content (AvgIpc) is 3.22. The van der Waals surface area contributed by atoms with E-state index >= 15 is 0 Å². The van der Waals surface area contributed by atoms with Crippen molar-refractivity contribution in [1.29, 1.82) is 0 Å². The summed E-state index contributed by atoms with van der Waals surface area (Å²) in [6.07, 6.45) is 5.60. The van der Waals surface area contributed by atoms with Gasteiger partial charge in [0, 0.05) is 11.6 Å². The second-order valence-corrected chi connectivity index (χ2v) is 7.34. The van der Waals surface area contributed by atoms with Crippen molar-refractivity contribution in [1.82, 2.24) is 0 Å². The Morgan fingerprint density at radius 3 is 2.78 bits per heavy atom. The summed E-state index contributed by atoms with van der Waals surface area (Å²) in [5, 5.41) is 6.34. The van der Waals surface area contributed by atoms with Gasteiger partial charge >= 0.3 is 5.97 Å². The van der Waals surface area contributed by atoms with Gasteiger partial charge in [0.2, 0.25) is 0 Å². The van der Waals surface area contributed by atoms with Gasteiger partial charge in [0.1, 0.15) is 0 Å². The molecule has 0 radical (unpaired) electrons. The summed E-state index contributed by atoms with van der Waals surface area (Å²) in [6.45, 7) is 0. The first-order valence-electron chi connectivity index (χ1n) is 9.39. The molecule has 0 fully saturated rings. The van der Waals surface area contributed by atoms with E-state index in [-0.39, 0.29) is 12.0 Å². The molecule has 1 heterocycles. The minimum atomic E-state index is -0.285. The van der Waals surface area contributed by atoms with Crippen LogP contribution < -0.4 is 5.32 Å². The van der Waals surface area contributed by atoms with E-state index in [0.717, 1.165) is 12.1 Å². The molecule has 0 amide bonds. The van der Waals surface area contributed by atoms with Crippen molar-refractivity contribution in [3.05, 3.63) is 89.5 Å². The number of methoxy groups -OCH3 is 1. The molecule has 5 rings (SSSR count). The molecule has 1 N–H and O–H groups in total. The Kier molecular flexibility index (Phi) is 3.75. The summed E-state index contributed by atoms with van der Waals surface area (Å²) in [6, 6.07) is 21.2. The minimum Gasteiger partial charge on any atom is -0.465 e. The number of carbonyl (C=O) groups is 1. The van der Waals surface area contributed by atoms with Gasteiger partial charge in [-0.2, -0.15) is 0 Å². The molecule has 1 aliphatic carbocycles. The predicted octanol–water partition coefficient (Wildman–Crippen LogP) is 5.45. The third-order valence-corrected chi connectivity index (χ3v) is 5.94. The second-order valence-electron chi connectivity index (χ2n) is 7.34. The van der Waals surface area contributed by atoms with Gasteiger partial charge in [-0.1, -0.05) is 54.6 Å². The number of carbonyl (C=O) groups excluding carboxylic acids is 1. The number of fused-ring (bicyclic) bond motifs is 4. The van der Waals surface area contributed by atoms with Gasteiger partial charge in [-0.15, -0.1) is 0 Å². The van der Waals surface area contributed by atoms with Crippen molar-refractivity contribution < 1.29 is 9.53 Å². The molecule has 134 valence electrons. The van der Waals surface area contributed by atoms with Crippen LogP contribution in [0.3, 0.4) is 0 Å². The summed E-state index contributed by atoms with van der Waals surface area (Å²) in [4.78, 5) is 12.0. The third kappa shape index (κ3) is 2.54. The van der Waals surface area contributed by atoms with Crippen LogP contribution in [-0.4, -0.2) is 13.1 Å². The number of ether oxygens (including phenoxy) is 1. The molecule has 0 unspecified atom stereocenters. The number of hydrogen-bond donors (Lipinski definition) is 1. The fourth-order valence-corrected chi connectivity index (χ4v) is 4.67. The number of allylic oxidation sites excluding steroid dienone is 2. The smallest absolute Gasteiger partial charge is 0.337 e. The van der Waals surface area contributed by atoms with E-state index in [2.05, 4.69) is 59.9 Å². The van der Waals surface area contributed by atoms with Gasteiger partial charge in [0.15, 0.2) is 0 Å². The monoisotopic (exact) mass is 355 g/mol. The highest BCUT2D eigenvalue weighted by molar-refractivity contribution is 5.91. The van der Waals surface area contributed by atoms with Crippen LogP contribution in [0.4, 0.5) is 5.69 Å². The van der Waals surface area contributed by atoms with E-state index in [1.54, 1.807) is 0 Å². The molecular weight excluding hydrogens is 334 g/mol. The quantitative estimate of drug-likeness (QED) is 0.490. The summed E-state index contributed by atoms with van der Waals surface area (Å²) in [7, 11) is 1.43. The first-order valence-corrected chi connectivity index (χ1v) is 9.39. The molecule has 3 atom stereocenters. The van der Waals surface area contributed by atoms with Crippen LogP contribution in [0.2, 0.25) is 0 Å². The van der Waals surface area contributed by atoms with Crippen LogP contribution >= 0.6 is 0 Å². The predicted molar refractivity (Wildman–Crippen MR) is 108 cm³/mol. The second kappa shape index (κ2) is 6.27. The topological polar surface area (TPSA) is 38.3 Å². The van der Waals surface area contributed by atoms with E-state index in [0.29, 0.717) is 17.4 Å². The fraction of sp³-hybridized carbons (Fsp3) is 0.208. The van der Waals surface area contributed by atoms with Gasteiger partial charge < -0.3 is 10.1 Å². The van der Waals surface area contributed by atoms with Gasteiger partial charge in [0.25, 0.3) is 0 Å². The summed E-state index contributed by atoms with van der Waals surface area (Å²) >= 11 is 0. The standard InChI is InChI=1S/C24H21NO2/c1-27-24(26)16-12-13-22-21(14-16)18-9-5-11-20(18)23(25-22)19-10-4-7-15-6-2-3-8-17(15)19/h2-10,12-14,18,20,23,25H,11H2,1H3/t18-,20-,23+/m0/s1. The molecule has 3 aromatic rings. The Bertz CT molecular complexity index is 1060. The highest BCUT2D eigenvalue weighted by Gasteiger charge is 2.38. The van der Waals surface area contributed by atoms with Gasteiger partial charge in [-0.3, -0.25) is 0 Å². The van der Waals surface area contributed by atoms with Crippen molar-refractivity contribution in [3.63, 3.8) is 0 Å². The van der Waals surface area contributed by atoms with E-state index in [9.17, 15) is 4.79 Å². The zero-order valence-electron chi connectivity index (χ0n) is 15.2. The fourth-order valence-electron chi connectivity index (χ4n) is 4.67. The third-order valence-electron chi connectivity index (χ3n) is 5.94. The lowest BCUT2D eigenvalue weighted by Crippen LogP contribution is -2.29. The summed E-state index contributed by atoms with van der Waals surface area (Å²) in [5.74, 6) is 0.471. The van der Waals surface area contributed by atoms with Gasteiger partial charge in [-0.05, 0) is 52.4 Å². The van der Waals surface area contributed by atoms with Crippen LogP contribution in [-0.2, 0) is 4.74 Å². The lowest BCUT2D eigenvalue weighted by atomic mass is 9.76. The molecule has 2 aliphatic rings. The van der Waals surface area contributed by atoms with Crippen molar-refractivity contribution in [2.45, 2.75) is 18.4 Å². The van der Waals surface area contributed by atoms with Crippen molar-refractivity contribution in [2.75, 3.05) is 12.4 Å². The Morgan fingerprint density at radius 1 is 1.04 bits per heavy atom. The first kappa shape index (κ1) is 16.1. The van der Waals surface area contributed by atoms with Gasteiger partial charge in [-0.25, -0.2) is 4.79 Å². The lowest BCUT2D eigenvalue weighted by molar-refractivity contribution is 0.0600. The number of anilines is 1. The molecule has 3 aromatic carbocycles. The highest BCUT2D eigenvalue weighted by atomic mass is 16.5. The molecule has 0 saturated carbocycles. The number of rotatable bonds is 2. The Labute approximate surface area is 158 Å². The molecule has 0 aromatic heterocycles. The first-order chi connectivity index (χ1) is 13.3. The summed E-state index contributed by atoms with van der Waals surface area (Å²) in [5.41, 5.74) is 4.25. The maximum absolute atomic E-state index is 12.0. The molecule has 0 spiro atoms. The van der Waals surface area contributed by atoms with E-state index < -0.39 is 0 Å². The minimum absolute atomic E-state index is 0.243. The average molecular weight is 355 g/mol. The van der Waals surface area contributed by atoms with Crippen LogP contribution in [0, 0.1) is 5.92 Å². The van der Waals surface area contributed by atoms with Crippen LogP contribution in [0.5, 0.6) is 0 Å². The Hall–Kier alpha value is -3.07. The number of benzene rings is 3. The maximum Gasteiger partial charge on any atom is 0.337 e. The maximum atomic E-state index is 12.0. The summed E-state index contributed by atoms with van der Waals surface area (Å²) < 4.78 is 4.90. The molecule has 3 heteroatoms. The highest BCUT2D eigenvalue weighted by Crippen LogP contribution is 2.50. The van der Waals surface area contributed by atoms with E-state index in [1.165, 1.54) is 29.0 Å². The molecule has 1 aliphatic heterocycles. The number of hydrogen-bond acceptors (Lipinski definition) is 3.